The third-order valence-corrected chi connectivity index (χ3v) is 3.52. The number of para-hydroxylation sites is 1. The summed E-state index contributed by atoms with van der Waals surface area (Å²) in [6.07, 6.45) is 0.801. The Labute approximate surface area is 134 Å². The summed E-state index contributed by atoms with van der Waals surface area (Å²) in [6, 6.07) is 11.4. The topological polar surface area (TPSA) is 47.6 Å². The van der Waals surface area contributed by atoms with Crippen LogP contribution in [0.1, 0.15) is 19.4 Å². The normalized spacial score (nSPS) is 14.7. The van der Waals surface area contributed by atoms with Gasteiger partial charge in [-0.15, -0.1) is 0 Å². The second-order valence-electron chi connectivity index (χ2n) is 6.13. The average molecular weight is 315 g/mol. The number of carbonyl (C=O) groups excluding carboxylic acids is 1. The van der Waals surface area contributed by atoms with Crippen molar-refractivity contribution in [3.8, 4) is 11.5 Å². The van der Waals surface area contributed by atoms with Gasteiger partial charge in [0, 0.05) is 17.7 Å². The number of halogens is 1. The monoisotopic (exact) mass is 315 g/mol. The first-order valence-corrected chi connectivity index (χ1v) is 7.42. The second-order valence-corrected chi connectivity index (χ2v) is 6.13. The predicted molar refractivity (Wildman–Crippen MR) is 85.4 cm³/mol. The second kappa shape index (κ2) is 5.91. The Bertz CT molecular complexity index is 743. The van der Waals surface area contributed by atoms with Gasteiger partial charge in [-0.25, -0.2) is 4.39 Å². The number of amides is 1. The van der Waals surface area contributed by atoms with Crippen LogP contribution in [0.5, 0.6) is 11.5 Å². The Kier molecular flexibility index (Phi) is 3.94. The molecule has 0 atom stereocenters. The average Bonchev–Trinajstić information content (AvgIpc) is 2.79. The van der Waals surface area contributed by atoms with Crippen LogP contribution in [0, 0.1) is 5.82 Å². The van der Waals surface area contributed by atoms with Gasteiger partial charge in [0.2, 0.25) is 0 Å². The number of hydrogen-bond donors (Lipinski definition) is 1. The van der Waals surface area contributed by atoms with E-state index in [0.717, 1.165) is 12.0 Å². The zero-order chi connectivity index (χ0) is 16.4. The lowest BCUT2D eigenvalue weighted by atomic mass is 10.0. The first-order valence-electron chi connectivity index (χ1n) is 7.42. The van der Waals surface area contributed by atoms with Crippen LogP contribution in [-0.4, -0.2) is 18.1 Å². The van der Waals surface area contributed by atoms with Gasteiger partial charge in [0.05, 0.1) is 0 Å². The van der Waals surface area contributed by atoms with Gasteiger partial charge in [-0.2, -0.15) is 0 Å². The SMILES string of the molecule is CC1(C)Cc2cccc(OCC(=O)Nc3cccc(F)c3)c2O1. The number of hydrogen-bond acceptors (Lipinski definition) is 3. The number of nitrogens with one attached hydrogen (secondary N) is 1. The molecule has 1 aliphatic heterocycles. The minimum absolute atomic E-state index is 0.170. The summed E-state index contributed by atoms with van der Waals surface area (Å²) in [4.78, 5) is 11.9. The van der Waals surface area contributed by atoms with Gasteiger partial charge in [-0.3, -0.25) is 4.79 Å². The molecule has 1 aliphatic rings. The van der Waals surface area contributed by atoms with E-state index in [4.69, 9.17) is 9.47 Å². The summed E-state index contributed by atoms with van der Waals surface area (Å²) in [5, 5.41) is 2.59. The van der Waals surface area contributed by atoms with Gasteiger partial charge in [0.15, 0.2) is 18.1 Å². The van der Waals surface area contributed by atoms with Crippen LogP contribution in [0.3, 0.4) is 0 Å². The Hall–Kier alpha value is -2.56. The maximum Gasteiger partial charge on any atom is 0.262 e. The van der Waals surface area contributed by atoms with Gasteiger partial charge in [-0.05, 0) is 38.1 Å². The van der Waals surface area contributed by atoms with Crippen molar-refractivity contribution in [1.82, 2.24) is 0 Å². The lowest BCUT2D eigenvalue weighted by molar-refractivity contribution is -0.118. The van der Waals surface area contributed by atoms with Crippen molar-refractivity contribution in [2.75, 3.05) is 11.9 Å². The Morgan fingerprint density at radius 2 is 2.09 bits per heavy atom. The van der Waals surface area contributed by atoms with Gasteiger partial charge in [0.1, 0.15) is 11.4 Å². The van der Waals surface area contributed by atoms with Crippen molar-refractivity contribution >= 4 is 11.6 Å². The highest BCUT2D eigenvalue weighted by molar-refractivity contribution is 5.91. The first kappa shape index (κ1) is 15.3. The first-order chi connectivity index (χ1) is 10.9. The highest BCUT2D eigenvalue weighted by Crippen LogP contribution is 2.41. The van der Waals surface area contributed by atoms with E-state index < -0.39 is 5.82 Å². The fraction of sp³-hybridized carbons (Fsp3) is 0.278. The molecule has 3 rings (SSSR count). The van der Waals surface area contributed by atoms with E-state index in [9.17, 15) is 9.18 Å². The van der Waals surface area contributed by atoms with Crippen LogP contribution >= 0.6 is 0 Å². The highest BCUT2D eigenvalue weighted by atomic mass is 19.1. The molecule has 1 N–H and O–H groups in total. The van der Waals surface area contributed by atoms with E-state index in [2.05, 4.69) is 5.32 Å². The largest absolute Gasteiger partial charge is 0.483 e. The standard InChI is InChI=1S/C18H18FNO3/c1-18(2)10-12-5-3-8-15(17(12)23-18)22-11-16(21)20-14-7-4-6-13(19)9-14/h3-9H,10-11H2,1-2H3,(H,20,21). The summed E-state index contributed by atoms with van der Waals surface area (Å²) < 4.78 is 24.6. The number of fused-ring (bicyclic) bond motifs is 1. The van der Waals surface area contributed by atoms with E-state index in [1.807, 2.05) is 26.0 Å². The molecule has 2 aromatic carbocycles. The fourth-order valence-electron chi connectivity index (χ4n) is 2.61. The minimum atomic E-state index is -0.403. The van der Waals surface area contributed by atoms with Crippen molar-refractivity contribution in [2.24, 2.45) is 0 Å². The van der Waals surface area contributed by atoms with Gasteiger partial charge in [-0.1, -0.05) is 18.2 Å². The molecule has 0 unspecified atom stereocenters. The molecule has 0 aromatic heterocycles. The van der Waals surface area contributed by atoms with E-state index in [1.165, 1.54) is 18.2 Å². The van der Waals surface area contributed by atoms with Crippen LogP contribution < -0.4 is 14.8 Å². The van der Waals surface area contributed by atoms with E-state index >= 15 is 0 Å². The molecule has 4 nitrogen and oxygen atoms in total. The van der Waals surface area contributed by atoms with E-state index in [1.54, 1.807) is 12.1 Å². The molecular weight excluding hydrogens is 297 g/mol. The highest BCUT2D eigenvalue weighted by Gasteiger charge is 2.32. The van der Waals surface area contributed by atoms with Crippen molar-refractivity contribution in [3.63, 3.8) is 0 Å². The number of carbonyl (C=O) groups is 1. The lowest BCUT2D eigenvalue weighted by Crippen LogP contribution is -2.25. The molecule has 0 aliphatic carbocycles. The summed E-state index contributed by atoms with van der Waals surface area (Å²) in [5.74, 6) is 0.476. The summed E-state index contributed by atoms with van der Waals surface area (Å²) in [5.41, 5.74) is 1.19. The lowest BCUT2D eigenvalue weighted by Gasteiger charge is -2.18. The number of benzene rings is 2. The Morgan fingerprint density at radius 3 is 2.87 bits per heavy atom. The Morgan fingerprint density at radius 1 is 1.30 bits per heavy atom. The van der Waals surface area contributed by atoms with Crippen LogP contribution in [0.25, 0.3) is 0 Å². The summed E-state index contributed by atoms with van der Waals surface area (Å²) in [6.45, 7) is 3.84. The third-order valence-electron chi connectivity index (χ3n) is 3.52. The van der Waals surface area contributed by atoms with Crippen LogP contribution in [0.15, 0.2) is 42.5 Å². The van der Waals surface area contributed by atoms with Gasteiger partial charge >= 0.3 is 0 Å². The molecule has 2 aromatic rings. The van der Waals surface area contributed by atoms with Crippen molar-refractivity contribution in [2.45, 2.75) is 25.9 Å². The molecule has 23 heavy (non-hydrogen) atoms. The molecule has 0 saturated carbocycles. The quantitative estimate of drug-likeness (QED) is 0.938. The number of ether oxygens (including phenoxy) is 2. The number of anilines is 1. The zero-order valence-electron chi connectivity index (χ0n) is 13.1. The van der Waals surface area contributed by atoms with Crippen LogP contribution in [0.4, 0.5) is 10.1 Å². The van der Waals surface area contributed by atoms with Crippen molar-refractivity contribution in [3.05, 3.63) is 53.8 Å². The minimum Gasteiger partial charge on any atom is -0.483 e. The smallest absolute Gasteiger partial charge is 0.262 e. The molecule has 1 amide bonds. The maximum absolute atomic E-state index is 13.1. The van der Waals surface area contributed by atoms with Crippen molar-refractivity contribution < 1.29 is 18.7 Å². The molecule has 5 heteroatoms. The molecular formula is C18H18FNO3. The van der Waals surface area contributed by atoms with Crippen LogP contribution in [-0.2, 0) is 11.2 Å². The Balaban J connectivity index is 1.63. The number of rotatable bonds is 4. The van der Waals surface area contributed by atoms with Crippen molar-refractivity contribution in [1.29, 1.82) is 0 Å². The third kappa shape index (κ3) is 3.62. The molecule has 0 fully saturated rings. The molecule has 120 valence electrons. The molecule has 1 heterocycles. The maximum atomic E-state index is 13.1. The molecule has 0 saturated heterocycles. The van der Waals surface area contributed by atoms with E-state index in [-0.39, 0.29) is 18.1 Å². The van der Waals surface area contributed by atoms with Gasteiger partial charge in [0.25, 0.3) is 5.91 Å². The molecule has 0 bridgehead atoms. The van der Waals surface area contributed by atoms with Gasteiger partial charge < -0.3 is 14.8 Å². The zero-order valence-corrected chi connectivity index (χ0v) is 13.1. The summed E-state index contributed by atoms with van der Waals surface area (Å²) >= 11 is 0. The molecule has 0 spiro atoms. The van der Waals surface area contributed by atoms with E-state index in [0.29, 0.717) is 17.2 Å². The summed E-state index contributed by atoms with van der Waals surface area (Å²) in [7, 11) is 0. The molecule has 0 radical (unpaired) electrons. The predicted octanol–water partition coefficient (Wildman–Crippen LogP) is 3.56. The van der Waals surface area contributed by atoms with Crippen LogP contribution in [0.2, 0.25) is 0 Å². The fourth-order valence-corrected chi connectivity index (χ4v) is 2.61.